The molecular formula is C21H20ClF3N2O3. The Kier molecular flexibility index (Phi) is 4.52. The average Bonchev–Trinajstić information content (AvgIpc) is 3.00. The van der Waals surface area contributed by atoms with Crippen LogP contribution in [0.5, 0.6) is 5.75 Å². The number of anilines is 2. The van der Waals surface area contributed by atoms with Crippen LogP contribution in [0.3, 0.4) is 0 Å². The van der Waals surface area contributed by atoms with Crippen LogP contribution in [0.25, 0.3) is 0 Å². The SMILES string of the molecule is CC1(C)CC(O)(C(F)(F)F)C(Nc2cccc3c2CC(=O)N3)c2cc(Cl)c(O)cc21. The maximum Gasteiger partial charge on any atom is 0.419 e. The van der Waals surface area contributed by atoms with Gasteiger partial charge in [-0.3, -0.25) is 4.79 Å². The van der Waals surface area contributed by atoms with Crippen molar-refractivity contribution in [3.05, 3.63) is 52.0 Å². The van der Waals surface area contributed by atoms with Crippen molar-refractivity contribution in [2.24, 2.45) is 0 Å². The fourth-order valence-corrected chi connectivity index (χ4v) is 4.70. The van der Waals surface area contributed by atoms with Crippen molar-refractivity contribution in [3.8, 4) is 5.75 Å². The highest BCUT2D eigenvalue weighted by molar-refractivity contribution is 6.32. The molecule has 9 heteroatoms. The number of amides is 1. The third-order valence-corrected chi connectivity index (χ3v) is 6.23. The second-order valence-electron chi connectivity index (χ2n) is 8.51. The molecule has 0 saturated carbocycles. The number of carbonyl (C=O) groups is 1. The quantitative estimate of drug-likeness (QED) is 0.547. The van der Waals surface area contributed by atoms with E-state index in [1.807, 2.05) is 0 Å². The van der Waals surface area contributed by atoms with Gasteiger partial charge in [0.2, 0.25) is 5.91 Å². The zero-order chi connectivity index (χ0) is 22.1. The minimum absolute atomic E-state index is 0.0182. The first-order valence-corrected chi connectivity index (χ1v) is 9.71. The molecule has 0 spiro atoms. The van der Waals surface area contributed by atoms with Gasteiger partial charge < -0.3 is 20.8 Å². The van der Waals surface area contributed by atoms with Gasteiger partial charge in [-0.2, -0.15) is 13.2 Å². The van der Waals surface area contributed by atoms with Crippen LogP contribution < -0.4 is 10.6 Å². The second-order valence-corrected chi connectivity index (χ2v) is 8.91. The van der Waals surface area contributed by atoms with Crippen LogP contribution in [-0.2, 0) is 16.6 Å². The molecule has 1 heterocycles. The summed E-state index contributed by atoms with van der Waals surface area (Å²) in [6.07, 6.45) is -5.55. The molecule has 2 atom stereocenters. The lowest BCUT2D eigenvalue weighted by molar-refractivity contribution is -0.275. The number of benzene rings is 2. The van der Waals surface area contributed by atoms with Crippen LogP contribution in [0.4, 0.5) is 24.5 Å². The standard InChI is InChI=1S/C21H20ClF3N2O3/c1-19(2)9-20(30,21(23,24)25)18(10-6-13(22)16(28)8-12(10)19)27-15-5-3-4-14-11(15)7-17(29)26-14/h3-6,8,18,27-28,30H,7,9H2,1-2H3,(H,26,29). The molecular weight excluding hydrogens is 421 g/mol. The predicted molar refractivity (Wildman–Crippen MR) is 107 cm³/mol. The molecule has 0 saturated heterocycles. The Labute approximate surface area is 175 Å². The first-order valence-electron chi connectivity index (χ1n) is 9.34. The Morgan fingerprint density at radius 1 is 1.27 bits per heavy atom. The van der Waals surface area contributed by atoms with E-state index in [2.05, 4.69) is 10.6 Å². The number of aromatic hydroxyl groups is 1. The highest BCUT2D eigenvalue weighted by Gasteiger charge is 2.64. The van der Waals surface area contributed by atoms with E-state index in [1.54, 1.807) is 32.0 Å². The molecule has 5 nitrogen and oxygen atoms in total. The summed E-state index contributed by atoms with van der Waals surface area (Å²) >= 11 is 6.03. The van der Waals surface area contributed by atoms with Gasteiger partial charge in [0, 0.05) is 16.9 Å². The van der Waals surface area contributed by atoms with Crippen LogP contribution in [0, 0.1) is 0 Å². The van der Waals surface area contributed by atoms with Crippen LogP contribution in [0.15, 0.2) is 30.3 Å². The highest BCUT2D eigenvalue weighted by atomic mass is 35.5. The smallest absolute Gasteiger partial charge is 0.419 e. The molecule has 2 aliphatic rings. The van der Waals surface area contributed by atoms with E-state index in [9.17, 15) is 28.2 Å². The number of fused-ring (bicyclic) bond motifs is 2. The fraction of sp³-hybridized carbons (Fsp3) is 0.381. The van der Waals surface area contributed by atoms with Crippen molar-refractivity contribution in [1.82, 2.24) is 0 Å². The van der Waals surface area contributed by atoms with Crippen molar-refractivity contribution < 1.29 is 28.2 Å². The minimum atomic E-state index is -4.95. The minimum Gasteiger partial charge on any atom is -0.506 e. The molecule has 1 amide bonds. The fourth-order valence-electron chi connectivity index (χ4n) is 4.53. The van der Waals surface area contributed by atoms with Gasteiger partial charge in [0.05, 0.1) is 17.5 Å². The van der Waals surface area contributed by atoms with E-state index in [1.165, 1.54) is 12.1 Å². The maximum atomic E-state index is 14.2. The number of aliphatic hydroxyl groups is 1. The van der Waals surface area contributed by atoms with Crippen LogP contribution in [0.1, 0.15) is 43.0 Å². The summed E-state index contributed by atoms with van der Waals surface area (Å²) in [5.74, 6) is -0.501. The number of hydrogen-bond donors (Lipinski definition) is 4. The molecule has 1 aliphatic heterocycles. The molecule has 2 aromatic carbocycles. The lowest BCUT2D eigenvalue weighted by Crippen LogP contribution is -2.58. The third kappa shape index (κ3) is 3.09. The van der Waals surface area contributed by atoms with Gasteiger partial charge in [0.25, 0.3) is 0 Å². The first kappa shape index (κ1) is 20.8. The lowest BCUT2D eigenvalue weighted by atomic mass is 9.63. The number of nitrogens with one attached hydrogen (secondary N) is 2. The number of carbonyl (C=O) groups excluding carboxylic acids is 1. The molecule has 30 heavy (non-hydrogen) atoms. The Morgan fingerprint density at radius 3 is 2.63 bits per heavy atom. The zero-order valence-corrected chi connectivity index (χ0v) is 16.9. The number of halogens is 4. The van der Waals surface area contributed by atoms with Gasteiger partial charge in [-0.1, -0.05) is 31.5 Å². The van der Waals surface area contributed by atoms with Gasteiger partial charge >= 0.3 is 6.18 Å². The lowest BCUT2D eigenvalue weighted by Gasteiger charge is -2.49. The Balaban J connectivity index is 1.91. The van der Waals surface area contributed by atoms with Crippen molar-refractivity contribution in [2.45, 2.75) is 49.9 Å². The monoisotopic (exact) mass is 440 g/mol. The number of phenols is 1. The van der Waals surface area contributed by atoms with Gasteiger partial charge in [-0.15, -0.1) is 0 Å². The number of hydrogen-bond acceptors (Lipinski definition) is 4. The van der Waals surface area contributed by atoms with Crippen molar-refractivity contribution >= 4 is 28.9 Å². The molecule has 4 N–H and O–H groups in total. The van der Waals surface area contributed by atoms with Gasteiger partial charge in [-0.25, -0.2) is 0 Å². The van der Waals surface area contributed by atoms with Gasteiger partial charge in [-0.05, 0) is 47.2 Å². The Hall–Kier alpha value is -2.45. The Bertz CT molecular complexity index is 1050. The molecule has 160 valence electrons. The van der Waals surface area contributed by atoms with E-state index in [0.29, 0.717) is 22.5 Å². The predicted octanol–water partition coefficient (Wildman–Crippen LogP) is 4.67. The average molecular weight is 441 g/mol. The number of rotatable bonds is 2. The molecule has 0 aromatic heterocycles. The van der Waals surface area contributed by atoms with Crippen molar-refractivity contribution in [3.63, 3.8) is 0 Å². The third-order valence-electron chi connectivity index (χ3n) is 5.93. The summed E-state index contributed by atoms with van der Waals surface area (Å²) in [5, 5.41) is 26.4. The normalized spacial score (nSPS) is 24.8. The van der Waals surface area contributed by atoms with E-state index < -0.39 is 29.7 Å². The zero-order valence-electron chi connectivity index (χ0n) is 16.2. The van der Waals surface area contributed by atoms with E-state index in [0.717, 1.165) is 0 Å². The molecule has 2 aromatic rings. The van der Waals surface area contributed by atoms with Crippen LogP contribution in [-0.4, -0.2) is 27.9 Å². The van der Waals surface area contributed by atoms with Crippen LogP contribution >= 0.6 is 11.6 Å². The summed E-state index contributed by atoms with van der Waals surface area (Å²) in [7, 11) is 0. The van der Waals surface area contributed by atoms with Gasteiger partial charge in [0.15, 0.2) is 5.60 Å². The summed E-state index contributed by atoms with van der Waals surface area (Å²) in [6.45, 7) is 3.16. The van der Waals surface area contributed by atoms with Crippen molar-refractivity contribution in [1.29, 1.82) is 0 Å². The van der Waals surface area contributed by atoms with Gasteiger partial charge in [0.1, 0.15) is 5.75 Å². The summed E-state index contributed by atoms with van der Waals surface area (Å²) in [4.78, 5) is 11.8. The molecule has 0 bridgehead atoms. The molecule has 0 radical (unpaired) electrons. The summed E-state index contributed by atoms with van der Waals surface area (Å²) in [5.41, 5.74) is -2.24. The molecule has 0 fully saturated rings. The molecule has 4 rings (SSSR count). The summed E-state index contributed by atoms with van der Waals surface area (Å²) in [6, 6.07) is 5.85. The topological polar surface area (TPSA) is 81.6 Å². The summed E-state index contributed by atoms with van der Waals surface area (Å²) < 4.78 is 42.6. The van der Waals surface area contributed by atoms with E-state index in [-0.39, 0.29) is 28.7 Å². The second kappa shape index (κ2) is 6.52. The van der Waals surface area contributed by atoms with Crippen molar-refractivity contribution in [2.75, 3.05) is 10.6 Å². The van der Waals surface area contributed by atoms with E-state index in [4.69, 9.17) is 11.6 Å². The first-order chi connectivity index (χ1) is 13.8. The maximum absolute atomic E-state index is 14.2. The number of phenolic OH excluding ortho intramolecular Hbond substituents is 1. The Morgan fingerprint density at radius 2 is 1.97 bits per heavy atom. The molecule has 2 unspecified atom stereocenters. The number of alkyl halides is 3. The highest BCUT2D eigenvalue weighted by Crippen LogP contribution is 2.55. The molecule has 1 aliphatic carbocycles. The largest absolute Gasteiger partial charge is 0.506 e. The van der Waals surface area contributed by atoms with Crippen LogP contribution in [0.2, 0.25) is 5.02 Å². The van der Waals surface area contributed by atoms with E-state index >= 15 is 0 Å².